The molecule has 0 saturated carbocycles. The summed E-state index contributed by atoms with van der Waals surface area (Å²) in [7, 11) is 0. The molecule has 0 unspecified atom stereocenters. The molecule has 0 bridgehead atoms. The lowest BCUT2D eigenvalue weighted by atomic mass is 9.85. The largest absolute Gasteiger partial charge is 0.478 e. The summed E-state index contributed by atoms with van der Waals surface area (Å²) in [6, 6.07) is 2.96. The standard InChI is InChI=1S/C26H24F9NO2/c1-3-19(23(37)38)16-10-11-36(22(12-16)15-4-6-17(7-5-15)24(27,28)29)14(2)20-13-18(25(30,31)32)8-9-21(20)26(33,34)35/h4-9,13-14,22H,3,10-12H2,1-2H3,(H,37,38)/b19-16+/t14-,22+/m1/s1. The Hall–Kier alpha value is -3.02. The molecule has 2 atom stereocenters. The summed E-state index contributed by atoms with van der Waals surface area (Å²) in [5, 5.41) is 9.57. The van der Waals surface area contributed by atoms with E-state index in [9.17, 15) is 49.4 Å². The minimum Gasteiger partial charge on any atom is -0.478 e. The second-order valence-corrected chi connectivity index (χ2v) is 9.04. The third-order valence-electron chi connectivity index (χ3n) is 6.80. The van der Waals surface area contributed by atoms with Crippen LogP contribution >= 0.6 is 0 Å². The maximum atomic E-state index is 13.8. The fourth-order valence-electron chi connectivity index (χ4n) is 4.89. The Balaban J connectivity index is 2.15. The van der Waals surface area contributed by atoms with Crippen LogP contribution in [0.15, 0.2) is 53.6 Å². The van der Waals surface area contributed by atoms with Crippen LogP contribution in [-0.2, 0) is 23.3 Å². The molecule has 0 aromatic heterocycles. The van der Waals surface area contributed by atoms with Crippen LogP contribution in [-0.4, -0.2) is 22.5 Å². The van der Waals surface area contributed by atoms with E-state index in [1.165, 1.54) is 11.8 Å². The number of benzene rings is 2. The molecule has 0 aliphatic carbocycles. The average molecular weight is 553 g/mol. The van der Waals surface area contributed by atoms with Crippen molar-refractivity contribution in [2.75, 3.05) is 6.54 Å². The number of carboxylic acid groups (broad SMARTS) is 1. The lowest BCUT2D eigenvalue weighted by Gasteiger charge is -2.42. The van der Waals surface area contributed by atoms with Crippen molar-refractivity contribution in [2.24, 2.45) is 0 Å². The van der Waals surface area contributed by atoms with Crippen molar-refractivity contribution in [3.05, 3.63) is 81.4 Å². The molecule has 0 amide bonds. The molecule has 3 rings (SSSR count). The highest BCUT2D eigenvalue weighted by molar-refractivity contribution is 5.87. The average Bonchev–Trinajstić information content (AvgIpc) is 2.82. The van der Waals surface area contributed by atoms with Crippen LogP contribution in [0.25, 0.3) is 0 Å². The number of carboxylic acids is 1. The number of rotatable bonds is 5. The molecule has 1 aliphatic rings. The molecular formula is C26H24F9NO2. The molecule has 0 radical (unpaired) electrons. The lowest BCUT2D eigenvalue weighted by molar-refractivity contribution is -0.142. The second kappa shape index (κ2) is 10.6. The van der Waals surface area contributed by atoms with Gasteiger partial charge in [-0.15, -0.1) is 0 Å². The summed E-state index contributed by atoms with van der Waals surface area (Å²) < 4.78 is 121. The van der Waals surface area contributed by atoms with Crippen LogP contribution in [0.5, 0.6) is 0 Å². The molecule has 1 N–H and O–H groups in total. The van der Waals surface area contributed by atoms with Gasteiger partial charge in [0.15, 0.2) is 0 Å². The van der Waals surface area contributed by atoms with Gasteiger partial charge in [-0.25, -0.2) is 4.79 Å². The number of hydrogen-bond acceptors (Lipinski definition) is 2. The van der Waals surface area contributed by atoms with Crippen LogP contribution in [0.2, 0.25) is 0 Å². The Kier molecular flexibility index (Phi) is 8.26. The lowest BCUT2D eigenvalue weighted by Crippen LogP contribution is -2.37. The predicted molar refractivity (Wildman–Crippen MR) is 120 cm³/mol. The van der Waals surface area contributed by atoms with Crippen molar-refractivity contribution >= 4 is 5.97 Å². The highest BCUT2D eigenvalue weighted by Crippen LogP contribution is 2.45. The summed E-state index contributed by atoms with van der Waals surface area (Å²) in [5.74, 6) is -1.19. The van der Waals surface area contributed by atoms with Gasteiger partial charge in [-0.2, -0.15) is 39.5 Å². The Labute approximate surface area is 212 Å². The molecule has 0 spiro atoms. The molecule has 3 nitrogen and oxygen atoms in total. The van der Waals surface area contributed by atoms with E-state index < -0.39 is 58.8 Å². The first-order valence-electron chi connectivity index (χ1n) is 11.6. The molecule has 12 heteroatoms. The first-order valence-corrected chi connectivity index (χ1v) is 11.6. The fraction of sp³-hybridized carbons (Fsp3) is 0.423. The maximum Gasteiger partial charge on any atom is 0.416 e. The zero-order valence-electron chi connectivity index (χ0n) is 20.2. The number of aliphatic carboxylic acids is 1. The van der Waals surface area contributed by atoms with Crippen LogP contribution in [0.1, 0.15) is 73.0 Å². The van der Waals surface area contributed by atoms with Gasteiger partial charge in [-0.3, -0.25) is 4.90 Å². The number of carbonyl (C=O) groups is 1. The Morgan fingerprint density at radius 3 is 1.95 bits per heavy atom. The smallest absolute Gasteiger partial charge is 0.416 e. The summed E-state index contributed by atoms with van der Waals surface area (Å²) in [5.41, 5.74) is -3.28. The SMILES string of the molecule is CC/C(C(=O)O)=C1/CCN([C@H](C)c2cc(C(F)(F)F)ccc2C(F)(F)F)[C@H](c2ccc(C(F)(F)F)cc2)C1. The summed E-state index contributed by atoms with van der Waals surface area (Å²) in [6.45, 7) is 2.89. The molecule has 1 saturated heterocycles. The van der Waals surface area contributed by atoms with Crippen molar-refractivity contribution in [3.8, 4) is 0 Å². The summed E-state index contributed by atoms with van der Waals surface area (Å²) >= 11 is 0. The second-order valence-electron chi connectivity index (χ2n) is 9.04. The molecule has 2 aromatic carbocycles. The Bertz CT molecular complexity index is 1200. The molecule has 2 aromatic rings. The first kappa shape index (κ1) is 29.5. The van der Waals surface area contributed by atoms with Gasteiger partial charge in [-0.05, 0) is 67.6 Å². The van der Waals surface area contributed by atoms with Gasteiger partial charge in [0.25, 0.3) is 0 Å². The minimum atomic E-state index is -4.96. The summed E-state index contributed by atoms with van der Waals surface area (Å²) in [6.07, 6.45) is -14.3. The quantitative estimate of drug-likeness (QED) is 0.299. The van der Waals surface area contributed by atoms with Crippen molar-refractivity contribution in [3.63, 3.8) is 0 Å². The van der Waals surface area contributed by atoms with E-state index in [1.807, 2.05) is 0 Å². The van der Waals surface area contributed by atoms with Crippen molar-refractivity contribution in [2.45, 2.75) is 63.7 Å². The van der Waals surface area contributed by atoms with E-state index in [0.717, 1.165) is 24.3 Å². The molecule has 1 fully saturated rings. The zero-order chi connectivity index (χ0) is 28.6. The van der Waals surface area contributed by atoms with Crippen LogP contribution < -0.4 is 0 Å². The Morgan fingerprint density at radius 2 is 1.47 bits per heavy atom. The third-order valence-corrected chi connectivity index (χ3v) is 6.80. The number of hydrogen-bond donors (Lipinski definition) is 1. The van der Waals surface area contributed by atoms with Gasteiger partial charge in [0.2, 0.25) is 0 Å². The van der Waals surface area contributed by atoms with E-state index in [4.69, 9.17) is 0 Å². The topological polar surface area (TPSA) is 40.5 Å². The number of halogens is 9. The van der Waals surface area contributed by atoms with E-state index in [0.29, 0.717) is 23.8 Å². The van der Waals surface area contributed by atoms with E-state index in [-0.39, 0.29) is 36.9 Å². The normalized spacial score (nSPS) is 19.8. The Morgan fingerprint density at radius 1 is 0.921 bits per heavy atom. The number of alkyl halides is 9. The number of piperidine rings is 1. The number of likely N-dealkylation sites (tertiary alicyclic amines) is 1. The molecule has 1 aliphatic heterocycles. The van der Waals surface area contributed by atoms with Gasteiger partial charge >= 0.3 is 24.5 Å². The minimum absolute atomic E-state index is 0.0213. The molecule has 208 valence electrons. The van der Waals surface area contributed by atoms with E-state index in [1.54, 1.807) is 6.92 Å². The third kappa shape index (κ3) is 6.33. The maximum absolute atomic E-state index is 13.8. The molecule has 38 heavy (non-hydrogen) atoms. The molecular weight excluding hydrogens is 529 g/mol. The number of nitrogens with zero attached hydrogens (tertiary/aromatic N) is 1. The highest BCUT2D eigenvalue weighted by atomic mass is 19.4. The van der Waals surface area contributed by atoms with Crippen LogP contribution in [0.3, 0.4) is 0 Å². The van der Waals surface area contributed by atoms with Crippen molar-refractivity contribution in [1.29, 1.82) is 0 Å². The highest BCUT2D eigenvalue weighted by Gasteiger charge is 2.41. The first-order chi connectivity index (χ1) is 17.4. The predicted octanol–water partition coefficient (Wildman–Crippen LogP) is 8.43. The van der Waals surface area contributed by atoms with Gasteiger partial charge in [0, 0.05) is 24.2 Å². The summed E-state index contributed by atoms with van der Waals surface area (Å²) in [4.78, 5) is 13.2. The van der Waals surface area contributed by atoms with Crippen LogP contribution in [0, 0.1) is 0 Å². The van der Waals surface area contributed by atoms with Gasteiger partial charge < -0.3 is 5.11 Å². The van der Waals surface area contributed by atoms with E-state index in [2.05, 4.69) is 0 Å². The van der Waals surface area contributed by atoms with Crippen LogP contribution in [0.4, 0.5) is 39.5 Å². The van der Waals surface area contributed by atoms with Gasteiger partial charge in [0.05, 0.1) is 16.7 Å². The molecule has 1 heterocycles. The fourth-order valence-corrected chi connectivity index (χ4v) is 4.89. The van der Waals surface area contributed by atoms with Gasteiger partial charge in [-0.1, -0.05) is 24.6 Å². The van der Waals surface area contributed by atoms with Crippen molar-refractivity contribution in [1.82, 2.24) is 4.90 Å². The zero-order valence-corrected chi connectivity index (χ0v) is 20.2. The van der Waals surface area contributed by atoms with Crippen molar-refractivity contribution < 1.29 is 49.4 Å². The van der Waals surface area contributed by atoms with Gasteiger partial charge in [0.1, 0.15) is 0 Å². The monoisotopic (exact) mass is 553 g/mol. The van der Waals surface area contributed by atoms with E-state index >= 15 is 0 Å².